The number of hydrogen-bond donors (Lipinski definition) is 1. The Hall–Kier alpha value is -0.880. The van der Waals surface area contributed by atoms with Crippen LogP contribution >= 0.6 is 22.9 Å². The van der Waals surface area contributed by atoms with Crippen LogP contribution in [0.15, 0.2) is 23.8 Å². The zero-order valence-electron chi connectivity index (χ0n) is 14.2. The number of rotatable bonds is 6. The number of piperidine rings is 1. The van der Waals surface area contributed by atoms with Crippen molar-refractivity contribution in [2.24, 2.45) is 5.41 Å². The number of hydrogen-bond acceptors (Lipinski definition) is 4. The maximum absolute atomic E-state index is 6.14. The van der Waals surface area contributed by atoms with E-state index in [-0.39, 0.29) is 0 Å². The second-order valence-corrected chi connectivity index (χ2v) is 8.53. The molecule has 1 saturated heterocycles. The van der Waals surface area contributed by atoms with E-state index in [0.29, 0.717) is 11.5 Å². The van der Waals surface area contributed by atoms with Crippen molar-refractivity contribution in [3.05, 3.63) is 39.6 Å². The maximum atomic E-state index is 6.14. The van der Waals surface area contributed by atoms with E-state index in [1.807, 2.05) is 11.6 Å². The molecule has 2 aromatic rings. The first-order valence-corrected chi connectivity index (χ1v) is 10.1. The van der Waals surface area contributed by atoms with Crippen molar-refractivity contribution in [2.45, 2.75) is 51.9 Å². The van der Waals surface area contributed by atoms with Crippen molar-refractivity contribution in [1.82, 2.24) is 19.8 Å². The average Bonchev–Trinajstić information content (AvgIpc) is 2.93. The van der Waals surface area contributed by atoms with Crippen LogP contribution in [0.3, 0.4) is 0 Å². The lowest BCUT2D eigenvalue weighted by Crippen LogP contribution is -2.36. The van der Waals surface area contributed by atoms with E-state index in [0.717, 1.165) is 24.7 Å². The minimum absolute atomic E-state index is 0.538. The number of imidazole rings is 1. The van der Waals surface area contributed by atoms with Gasteiger partial charge < -0.3 is 9.88 Å². The highest BCUT2D eigenvalue weighted by Gasteiger charge is 2.56. The van der Waals surface area contributed by atoms with Gasteiger partial charge in [0.15, 0.2) is 0 Å². The average molecular weight is 365 g/mol. The van der Waals surface area contributed by atoms with Gasteiger partial charge in [0.1, 0.15) is 5.82 Å². The van der Waals surface area contributed by atoms with Gasteiger partial charge in [-0.25, -0.2) is 4.98 Å². The molecule has 130 valence electrons. The normalized spacial score (nSPS) is 22.4. The summed E-state index contributed by atoms with van der Waals surface area (Å²) in [5, 5.41) is 6.40. The van der Waals surface area contributed by atoms with E-state index < -0.39 is 0 Å². The minimum Gasteiger partial charge on any atom is -0.334 e. The molecule has 4 rings (SSSR count). The smallest absolute Gasteiger partial charge is 0.122 e. The number of halogens is 1. The van der Waals surface area contributed by atoms with Crippen molar-refractivity contribution < 1.29 is 0 Å². The van der Waals surface area contributed by atoms with Crippen LogP contribution in [-0.4, -0.2) is 33.6 Å². The second-order valence-electron chi connectivity index (χ2n) is 7.10. The highest BCUT2D eigenvalue weighted by atomic mass is 35.5. The summed E-state index contributed by atoms with van der Waals surface area (Å²) in [6.45, 7) is 7.40. The Balaban J connectivity index is 1.53. The molecule has 3 heterocycles. The summed E-state index contributed by atoms with van der Waals surface area (Å²) in [5.74, 6) is 1.18. The fourth-order valence-corrected chi connectivity index (χ4v) is 5.28. The first kappa shape index (κ1) is 16.6. The van der Waals surface area contributed by atoms with Gasteiger partial charge in [0.05, 0.1) is 11.6 Å². The summed E-state index contributed by atoms with van der Waals surface area (Å²) in [4.78, 5) is 8.60. The standard InChI is InChI=1S/C18H25ClN4S/c1-2-22-8-7-21-17(22)12-23(11-15-9-14(19)13-24-15)16-10-18(16)3-5-20-6-4-18/h7-9,13,16,20H,2-6,10-12H2,1H3. The Morgan fingerprint density at radius 2 is 2.25 bits per heavy atom. The van der Waals surface area contributed by atoms with Gasteiger partial charge in [-0.2, -0.15) is 0 Å². The quantitative estimate of drug-likeness (QED) is 0.847. The van der Waals surface area contributed by atoms with Gasteiger partial charge in [0.25, 0.3) is 0 Å². The maximum Gasteiger partial charge on any atom is 0.122 e. The molecule has 1 atom stereocenters. The Bertz CT molecular complexity index is 689. The van der Waals surface area contributed by atoms with Crippen molar-refractivity contribution in [1.29, 1.82) is 0 Å². The molecule has 2 fully saturated rings. The van der Waals surface area contributed by atoms with Gasteiger partial charge in [-0.3, -0.25) is 4.90 Å². The monoisotopic (exact) mass is 364 g/mol. The molecule has 4 nitrogen and oxygen atoms in total. The lowest BCUT2D eigenvalue weighted by molar-refractivity contribution is 0.183. The molecule has 6 heteroatoms. The first-order chi connectivity index (χ1) is 11.7. The topological polar surface area (TPSA) is 33.1 Å². The Morgan fingerprint density at radius 3 is 2.96 bits per heavy atom. The lowest BCUT2D eigenvalue weighted by atomic mass is 9.93. The number of aryl methyl sites for hydroxylation is 1. The van der Waals surface area contributed by atoms with Crippen LogP contribution in [0.4, 0.5) is 0 Å². The van der Waals surface area contributed by atoms with E-state index in [1.54, 1.807) is 11.3 Å². The predicted molar refractivity (Wildman–Crippen MR) is 99.4 cm³/mol. The third-order valence-electron chi connectivity index (χ3n) is 5.65. The van der Waals surface area contributed by atoms with Crippen LogP contribution in [0.2, 0.25) is 5.02 Å². The summed E-state index contributed by atoms with van der Waals surface area (Å²) in [5.41, 5.74) is 0.538. The number of nitrogens with one attached hydrogen (secondary N) is 1. The summed E-state index contributed by atoms with van der Waals surface area (Å²) >= 11 is 7.91. The van der Waals surface area contributed by atoms with E-state index in [1.165, 1.54) is 43.1 Å². The van der Waals surface area contributed by atoms with E-state index in [4.69, 9.17) is 11.6 Å². The molecule has 2 aromatic heterocycles. The molecule has 1 aliphatic carbocycles. The Kier molecular flexibility index (Phi) is 4.69. The fraction of sp³-hybridized carbons (Fsp3) is 0.611. The molecule has 1 spiro atoms. The summed E-state index contributed by atoms with van der Waals surface area (Å²) in [7, 11) is 0. The summed E-state index contributed by atoms with van der Waals surface area (Å²) < 4.78 is 2.26. The van der Waals surface area contributed by atoms with Gasteiger partial charge in [0, 0.05) is 41.8 Å². The third-order valence-corrected chi connectivity index (χ3v) is 6.92. The van der Waals surface area contributed by atoms with Gasteiger partial charge in [-0.1, -0.05) is 11.6 Å². The van der Waals surface area contributed by atoms with Gasteiger partial charge in [-0.15, -0.1) is 11.3 Å². The highest BCUT2D eigenvalue weighted by molar-refractivity contribution is 7.10. The lowest BCUT2D eigenvalue weighted by Gasteiger charge is -2.29. The molecule has 1 N–H and O–H groups in total. The summed E-state index contributed by atoms with van der Waals surface area (Å²) in [6, 6.07) is 2.80. The number of thiophene rings is 1. The second kappa shape index (κ2) is 6.79. The predicted octanol–water partition coefficient (Wildman–Crippen LogP) is 3.76. The van der Waals surface area contributed by atoms with Crippen LogP contribution in [0.5, 0.6) is 0 Å². The van der Waals surface area contributed by atoms with Crippen molar-refractivity contribution in [3.8, 4) is 0 Å². The molecule has 2 aliphatic rings. The highest BCUT2D eigenvalue weighted by Crippen LogP contribution is 2.56. The van der Waals surface area contributed by atoms with E-state index in [2.05, 4.69) is 39.0 Å². The van der Waals surface area contributed by atoms with Crippen LogP contribution in [0.25, 0.3) is 0 Å². The fourth-order valence-electron chi connectivity index (χ4n) is 4.18. The molecule has 1 aliphatic heterocycles. The number of aromatic nitrogens is 2. The van der Waals surface area contributed by atoms with E-state index >= 15 is 0 Å². The molecule has 1 unspecified atom stereocenters. The first-order valence-electron chi connectivity index (χ1n) is 8.88. The zero-order valence-corrected chi connectivity index (χ0v) is 15.7. The van der Waals surface area contributed by atoms with Crippen molar-refractivity contribution in [2.75, 3.05) is 13.1 Å². The molecule has 0 amide bonds. The van der Waals surface area contributed by atoms with Crippen molar-refractivity contribution >= 4 is 22.9 Å². The zero-order chi connectivity index (χ0) is 16.6. The van der Waals surface area contributed by atoms with Gasteiger partial charge in [0.2, 0.25) is 0 Å². The SMILES string of the molecule is CCn1ccnc1CN(Cc1cc(Cl)cs1)C1CC12CCNCC2. The van der Waals surface area contributed by atoms with Gasteiger partial charge in [-0.05, 0) is 50.8 Å². The van der Waals surface area contributed by atoms with Crippen LogP contribution in [-0.2, 0) is 19.6 Å². The van der Waals surface area contributed by atoms with Crippen LogP contribution in [0, 0.1) is 5.41 Å². The third kappa shape index (κ3) is 3.27. The molecule has 24 heavy (non-hydrogen) atoms. The molecule has 0 bridgehead atoms. The van der Waals surface area contributed by atoms with Crippen molar-refractivity contribution in [3.63, 3.8) is 0 Å². The Morgan fingerprint density at radius 1 is 1.42 bits per heavy atom. The number of nitrogens with zero attached hydrogens (tertiary/aromatic N) is 3. The Labute approximate surface area is 152 Å². The van der Waals surface area contributed by atoms with Gasteiger partial charge >= 0.3 is 0 Å². The largest absolute Gasteiger partial charge is 0.334 e. The molecular weight excluding hydrogens is 340 g/mol. The van der Waals surface area contributed by atoms with E-state index in [9.17, 15) is 0 Å². The molecule has 1 saturated carbocycles. The summed E-state index contributed by atoms with van der Waals surface area (Å²) in [6.07, 6.45) is 7.96. The van der Waals surface area contributed by atoms with Crippen LogP contribution in [0.1, 0.15) is 36.9 Å². The van der Waals surface area contributed by atoms with Crippen LogP contribution < -0.4 is 5.32 Å². The minimum atomic E-state index is 0.538. The molecule has 0 radical (unpaired) electrons. The molecule has 0 aromatic carbocycles. The molecular formula is C18H25ClN4S.